The van der Waals surface area contributed by atoms with E-state index >= 15 is 0 Å². The van der Waals surface area contributed by atoms with E-state index in [1.165, 1.54) is 12.5 Å². The highest BCUT2D eigenvalue weighted by Gasteiger charge is 1.90. The summed E-state index contributed by atoms with van der Waals surface area (Å²) in [4.78, 5) is 8.81. The summed E-state index contributed by atoms with van der Waals surface area (Å²) >= 11 is 0. The second kappa shape index (κ2) is 8.26. The Morgan fingerprint density at radius 1 is 1.36 bits per heavy atom. The summed E-state index contributed by atoms with van der Waals surface area (Å²) in [5, 5.41) is 0. The highest BCUT2D eigenvalue weighted by molar-refractivity contribution is 5.44. The molecule has 78 valence electrons. The third-order valence-corrected chi connectivity index (χ3v) is 1.57. The molecule has 14 heavy (non-hydrogen) atoms. The van der Waals surface area contributed by atoms with Gasteiger partial charge in [0.1, 0.15) is 6.29 Å². The van der Waals surface area contributed by atoms with E-state index < -0.39 is 0 Å². The third-order valence-electron chi connectivity index (χ3n) is 1.57. The molecule has 3 nitrogen and oxygen atoms in total. The van der Waals surface area contributed by atoms with Crippen LogP contribution in [0.5, 0.6) is 0 Å². The average Bonchev–Trinajstić information content (AvgIpc) is 2.18. The molecule has 0 aliphatic carbocycles. The first-order valence-corrected chi connectivity index (χ1v) is 4.47. The number of methoxy groups -OCH3 is 1. The lowest BCUT2D eigenvalue weighted by Gasteiger charge is -1.99. The molecule has 1 aromatic carbocycles. The number of nitrogen functional groups attached to an aromatic ring is 1. The van der Waals surface area contributed by atoms with Crippen LogP contribution in [0.3, 0.4) is 0 Å². The molecule has 0 fully saturated rings. The van der Waals surface area contributed by atoms with E-state index in [0.717, 1.165) is 25.0 Å². The van der Waals surface area contributed by atoms with E-state index in [1.807, 2.05) is 24.3 Å². The van der Waals surface area contributed by atoms with Crippen molar-refractivity contribution >= 4 is 12.0 Å². The van der Waals surface area contributed by atoms with Crippen molar-refractivity contribution in [3.8, 4) is 0 Å². The van der Waals surface area contributed by atoms with Gasteiger partial charge in [0.05, 0.1) is 6.61 Å². The van der Waals surface area contributed by atoms with Crippen molar-refractivity contribution in [3.63, 3.8) is 0 Å². The summed E-state index contributed by atoms with van der Waals surface area (Å²) in [6.45, 7) is 2.21. The van der Waals surface area contributed by atoms with Crippen LogP contribution in [0.1, 0.15) is 12.5 Å². The van der Waals surface area contributed by atoms with Crippen LogP contribution in [0.25, 0.3) is 0 Å². The van der Waals surface area contributed by atoms with Gasteiger partial charge < -0.3 is 15.3 Å². The van der Waals surface area contributed by atoms with Gasteiger partial charge in [0.25, 0.3) is 0 Å². The Bertz CT molecular complexity index is 244. The maximum Gasteiger partial charge on any atom is 0.116 e. The molecule has 0 atom stereocenters. The van der Waals surface area contributed by atoms with Crippen molar-refractivity contribution in [2.45, 2.75) is 13.3 Å². The summed E-state index contributed by atoms with van der Waals surface area (Å²) in [7, 11) is 1.71. The molecule has 0 saturated heterocycles. The Morgan fingerprint density at radius 2 is 1.86 bits per heavy atom. The van der Waals surface area contributed by atoms with Crippen LogP contribution >= 0.6 is 0 Å². The van der Waals surface area contributed by atoms with Gasteiger partial charge in [0.15, 0.2) is 0 Å². The Labute approximate surface area is 84.9 Å². The first-order valence-electron chi connectivity index (χ1n) is 4.47. The molecular formula is C11H17NO2. The molecule has 0 amide bonds. The number of carbonyl (C=O) groups is 1. The maximum atomic E-state index is 8.81. The summed E-state index contributed by atoms with van der Waals surface area (Å²) < 4.78 is 4.94. The highest BCUT2D eigenvalue weighted by atomic mass is 16.5. The predicted molar refractivity (Wildman–Crippen MR) is 58.2 cm³/mol. The third kappa shape index (κ3) is 6.20. The summed E-state index contributed by atoms with van der Waals surface area (Å²) in [5.74, 6) is 0. The van der Waals surface area contributed by atoms with Gasteiger partial charge in [-0.25, -0.2) is 0 Å². The van der Waals surface area contributed by atoms with E-state index in [4.69, 9.17) is 15.3 Å². The molecule has 2 N–H and O–H groups in total. The summed E-state index contributed by atoms with van der Waals surface area (Å²) in [5.41, 5.74) is 7.60. The van der Waals surface area contributed by atoms with E-state index in [1.54, 1.807) is 7.11 Å². The van der Waals surface area contributed by atoms with Crippen LogP contribution in [0.2, 0.25) is 0 Å². The lowest BCUT2D eigenvalue weighted by molar-refractivity contribution is -0.106. The maximum absolute atomic E-state index is 8.81. The number of benzene rings is 1. The molecule has 3 heteroatoms. The number of hydrogen-bond acceptors (Lipinski definition) is 3. The molecule has 0 aliphatic rings. The first-order chi connectivity index (χ1) is 6.74. The van der Waals surface area contributed by atoms with Gasteiger partial charge in [0, 0.05) is 12.8 Å². The smallest absolute Gasteiger partial charge is 0.116 e. The van der Waals surface area contributed by atoms with Gasteiger partial charge in [-0.3, -0.25) is 0 Å². The number of aldehydes is 1. The van der Waals surface area contributed by atoms with Crippen molar-refractivity contribution in [1.29, 1.82) is 0 Å². The van der Waals surface area contributed by atoms with Gasteiger partial charge in [-0.2, -0.15) is 0 Å². The minimum Gasteiger partial charge on any atom is -0.399 e. The monoisotopic (exact) mass is 195 g/mol. The largest absolute Gasteiger partial charge is 0.399 e. The normalized spacial score (nSPS) is 8.71. The molecule has 1 rings (SSSR count). The molecular weight excluding hydrogens is 178 g/mol. The van der Waals surface area contributed by atoms with Crippen LogP contribution in [-0.4, -0.2) is 20.0 Å². The number of hydrogen-bond donors (Lipinski definition) is 1. The molecule has 0 saturated carbocycles. The van der Waals surface area contributed by atoms with Gasteiger partial charge in [0.2, 0.25) is 0 Å². The second-order valence-corrected chi connectivity index (χ2v) is 2.72. The van der Waals surface area contributed by atoms with Crippen molar-refractivity contribution in [3.05, 3.63) is 29.8 Å². The van der Waals surface area contributed by atoms with Gasteiger partial charge in [-0.05, 0) is 31.0 Å². The Kier molecular flexibility index (Phi) is 7.46. The standard InChI is InChI=1S/C9H13NO.C2H4O/c1-11-7-6-8-2-4-9(10)5-3-8;1-2-3/h2-5H,6-7,10H2,1H3;2H,1H3. The fourth-order valence-electron chi connectivity index (χ4n) is 0.904. The molecule has 0 spiro atoms. The molecule has 0 radical (unpaired) electrons. The van der Waals surface area contributed by atoms with E-state index in [2.05, 4.69) is 0 Å². The van der Waals surface area contributed by atoms with Gasteiger partial charge in [-0.15, -0.1) is 0 Å². The van der Waals surface area contributed by atoms with Crippen LogP contribution in [0.4, 0.5) is 5.69 Å². The van der Waals surface area contributed by atoms with Crippen molar-refractivity contribution in [2.75, 3.05) is 19.5 Å². The number of carbonyl (C=O) groups excluding carboxylic acids is 1. The fraction of sp³-hybridized carbons (Fsp3) is 0.364. The topological polar surface area (TPSA) is 52.3 Å². The number of rotatable bonds is 3. The summed E-state index contributed by atoms with van der Waals surface area (Å²) in [6.07, 6.45) is 1.71. The van der Waals surface area contributed by atoms with Crippen LogP contribution in [0.15, 0.2) is 24.3 Å². The molecule has 1 aromatic rings. The number of ether oxygens (including phenoxy) is 1. The second-order valence-electron chi connectivity index (χ2n) is 2.72. The summed E-state index contributed by atoms with van der Waals surface area (Å²) in [6, 6.07) is 7.86. The van der Waals surface area contributed by atoms with E-state index in [9.17, 15) is 0 Å². The zero-order valence-corrected chi connectivity index (χ0v) is 8.69. The van der Waals surface area contributed by atoms with Crippen molar-refractivity contribution in [2.24, 2.45) is 0 Å². The van der Waals surface area contributed by atoms with Crippen LogP contribution in [-0.2, 0) is 16.0 Å². The lowest BCUT2D eigenvalue weighted by Crippen LogP contribution is -1.94. The molecule has 0 unspecified atom stereocenters. The van der Waals surface area contributed by atoms with Crippen molar-refractivity contribution in [1.82, 2.24) is 0 Å². The minimum absolute atomic E-state index is 0.750. The van der Waals surface area contributed by atoms with E-state index in [0.29, 0.717) is 0 Å². The highest BCUT2D eigenvalue weighted by Crippen LogP contribution is 2.05. The zero-order chi connectivity index (χ0) is 10.8. The Balaban J connectivity index is 0.000000500. The predicted octanol–water partition coefficient (Wildman–Crippen LogP) is 1.66. The van der Waals surface area contributed by atoms with Crippen LogP contribution < -0.4 is 5.73 Å². The molecule has 0 heterocycles. The zero-order valence-electron chi connectivity index (χ0n) is 8.69. The van der Waals surface area contributed by atoms with Gasteiger partial charge in [-0.1, -0.05) is 12.1 Å². The average molecular weight is 195 g/mol. The van der Waals surface area contributed by atoms with Gasteiger partial charge >= 0.3 is 0 Å². The lowest BCUT2D eigenvalue weighted by atomic mass is 10.1. The van der Waals surface area contributed by atoms with Crippen molar-refractivity contribution < 1.29 is 9.53 Å². The quantitative estimate of drug-likeness (QED) is 0.589. The molecule has 0 bridgehead atoms. The SMILES string of the molecule is CC=O.COCCc1ccc(N)cc1. The number of anilines is 1. The molecule has 0 aliphatic heterocycles. The Morgan fingerprint density at radius 3 is 2.29 bits per heavy atom. The number of nitrogens with two attached hydrogens (primary N) is 1. The first kappa shape index (κ1) is 12.7. The fourth-order valence-corrected chi connectivity index (χ4v) is 0.904. The van der Waals surface area contributed by atoms with E-state index in [-0.39, 0.29) is 0 Å². The Hall–Kier alpha value is -1.35. The van der Waals surface area contributed by atoms with Crippen LogP contribution in [0, 0.1) is 0 Å². The minimum atomic E-state index is 0.750. The molecule has 0 aromatic heterocycles.